The van der Waals surface area contributed by atoms with Crippen molar-refractivity contribution in [3.8, 4) is 0 Å². The van der Waals surface area contributed by atoms with E-state index in [4.69, 9.17) is 0 Å². The van der Waals surface area contributed by atoms with Gasteiger partial charge in [0.25, 0.3) is 0 Å². The van der Waals surface area contributed by atoms with E-state index in [1.54, 1.807) is 0 Å². The molecule has 0 bridgehead atoms. The lowest BCUT2D eigenvalue weighted by Crippen LogP contribution is -2.54. The summed E-state index contributed by atoms with van der Waals surface area (Å²) >= 11 is 0. The van der Waals surface area contributed by atoms with Gasteiger partial charge in [-0.15, -0.1) is 0 Å². The molecule has 3 nitrogen and oxygen atoms in total. The van der Waals surface area contributed by atoms with Crippen molar-refractivity contribution in [1.82, 2.24) is 15.1 Å². The van der Waals surface area contributed by atoms with Gasteiger partial charge >= 0.3 is 0 Å². The number of benzene rings is 1. The van der Waals surface area contributed by atoms with Gasteiger partial charge < -0.3 is 5.32 Å². The lowest BCUT2D eigenvalue weighted by atomic mass is 10.1. The van der Waals surface area contributed by atoms with Crippen LogP contribution >= 0.6 is 0 Å². The fraction of sp³-hybridized carbons (Fsp3) is 0.647. The van der Waals surface area contributed by atoms with E-state index >= 15 is 0 Å². The quantitative estimate of drug-likeness (QED) is 0.906. The molecule has 0 amide bonds. The summed E-state index contributed by atoms with van der Waals surface area (Å²) in [7, 11) is 2.00. The van der Waals surface area contributed by atoms with Crippen molar-refractivity contribution in [3.05, 3.63) is 35.4 Å². The number of fused-ring (bicyclic) bond motifs is 1. The van der Waals surface area contributed by atoms with Crippen LogP contribution in [0.4, 0.5) is 0 Å². The third kappa shape index (κ3) is 3.05. The molecule has 2 fully saturated rings. The van der Waals surface area contributed by atoms with Gasteiger partial charge in [-0.05, 0) is 44.5 Å². The van der Waals surface area contributed by atoms with Crippen molar-refractivity contribution in [2.45, 2.75) is 44.9 Å². The van der Waals surface area contributed by atoms with Gasteiger partial charge in [-0.3, -0.25) is 9.80 Å². The molecule has 0 radical (unpaired) electrons. The summed E-state index contributed by atoms with van der Waals surface area (Å²) in [6.07, 6.45) is 2.79. The summed E-state index contributed by atoms with van der Waals surface area (Å²) in [5.74, 6) is 0. The fourth-order valence-electron chi connectivity index (χ4n) is 3.67. The fourth-order valence-corrected chi connectivity index (χ4v) is 3.67. The predicted molar refractivity (Wildman–Crippen MR) is 83.7 cm³/mol. The summed E-state index contributed by atoms with van der Waals surface area (Å²) in [6, 6.07) is 10.6. The Bertz CT molecular complexity index is 428. The molecule has 2 unspecified atom stereocenters. The number of hydrogen-bond donors (Lipinski definition) is 1. The molecule has 0 aliphatic carbocycles. The second kappa shape index (κ2) is 6.25. The van der Waals surface area contributed by atoms with Crippen molar-refractivity contribution in [2.75, 3.05) is 26.7 Å². The first-order valence-electron chi connectivity index (χ1n) is 7.97. The Balaban J connectivity index is 1.61. The van der Waals surface area contributed by atoms with Gasteiger partial charge in [0.1, 0.15) is 0 Å². The molecule has 2 aliphatic rings. The molecule has 110 valence electrons. The van der Waals surface area contributed by atoms with Gasteiger partial charge in [-0.25, -0.2) is 0 Å². The molecular weight excluding hydrogens is 246 g/mol. The third-order valence-corrected chi connectivity index (χ3v) is 4.86. The highest BCUT2D eigenvalue weighted by molar-refractivity contribution is 5.22. The van der Waals surface area contributed by atoms with E-state index in [0.717, 1.165) is 19.1 Å². The van der Waals surface area contributed by atoms with Gasteiger partial charge in [-0.1, -0.05) is 24.3 Å². The highest BCUT2D eigenvalue weighted by Gasteiger charge is 2.34. The molecule has 1 N–H and O–H groups in total. The summed E-state index contributed by atoms with van der Waals surface area (Å²) in [6.45, 7) is 8.26. The molecule has 0 spiro atoms. The van der Waals surface area contributed by atoms with Crippen LogP contribution in [0.15, 0.2) is 24.3 Å². The summed E-state index contributed by atoms with van der Waals surface area (Å²) in [5.41, 5.74) is 2.81. The summed E-state index contributed by atoms with van der Waals surface area (Å²) < 4.78 is 0. The number of rotatable bonds is 4. The first-order valence-corrected chi connectivity index (χ1v) is 7.97. The van der Waals surface area contributed by atoms with Crippen molar-refractivity contribution in [3.63, 3.8) is 0 Å². The highest BCUT2D eigenvalue weighted by atomic mass is 15.3. The molecule has 2 atom stereocenters. The van der Waals surface area contributed by atoms with E-state index in [2.05, 4.69) is 46.3 Å². The zero-order chi connectivity index (χ0) is 13.9. The van der Waals surface area contributed by atoms with Crippen LogP contribution in [-0.2, 0) is 13.1 Å². The average Bonchev–Trinajstić information content (AvgIpc) is 2.89. The minimum absolute atomic E-state index is 0.682. The van der Waals surface area contributed by atoms with Gasteiger partial charge in [0.05, 0.1) is 0 Å². The molecule has 0 saturated carbocycles. The van der Waals surface area contributed by atoms with Gasteiger partial charge in [0.15, 0.2) is 0 Å². The van der Waals surface area contributed by atoms with Crippen molar-refractivity contribution in [2.24, 2.45) is 0 Å². The van der Waals surface area contributed by atoms with Crippen LogP contribution in [0, 0.1) is 0 Å². The molecule has 1 aromatic rings. The van der Waals surface area contributed by atoms with Crippen molar-refractivity contribution >= 4 is 0 Å². The van der Waals surface area contributed by atoms with Crippen LogP contribution in [0.3, 0.4) is 0 Å². The smallest absolute Gasteiger partial charge is 0.0237 e. The lowest BCUT2D eigenvalue weighted by Gasteiger charge is -2.42. The maximum absolute atomic E-state index is 3.20. The summed E-state index contributed by atoms with van der Waals surface area (Å²) in [5, 5.41) is 3.20. The number of hydrogen-bond acceptors (Lipinski definition) is 3. The van der Waals surface area contributed by atoms with Gasteiger partial charge in [0.2, 0.25) is 0 Å². The minimum Gasteiger partial charge on any atom is -0.316 e. The normalized spacial score (nSPS) is 27.7. The Hall–Kier alpha value is -0.900. The van der Waals surface area contributed by atoms with E-state index in [9.17, 15) is 0 Å². The SMILES string of the molecule is CNCc1ccc(CN2CC3CCCN3CC2C)cc1. The second-order valence-corrected chi connectivity index (χ2v) is 6.42. The molecule has 2 saturated heterocycles. The molecule has 0 aromatic heterocycles. The number of piperazine rings is 1. The van der Waals surface area contributed by atoms with E-state index in [1.165, 1.54) is 43.6 Å². The van der Waals surface area contributed by atoms with Crippen LogP contribution in [0.25, 0.3) is 0 Å². The first kappa shape index (κ1) is 14.1. The van der Waals surface area contributed by atoms with Crippen LogP contribution in [0.5, 0.6) is 0 Å². The van der Waals surface area contributed by atoms with E-state index < -0.39 is 0 Å². The largest absolute Gasteiger partial charge is 0.316 e. The predicted octanol–water partition coefficient (Wildman–Crippen LogP) is 2.07. The van der Waals surface area contributed by atoms with Crippen LogP contribution in [-0.4, -0.2) is 48.6 Å². The molecule has 1 aromatic carbocycles. The van der Waals surface area contributed by atoms with Crippen molar-refractivity contribution < 1.29 is 0 Å². The zero-order valence-electron chi connectivity index (χ0n) is 12.8. The monoisotopic (exact) mass is 273 g/mol. The van der Waals surface area contributed by atoms with E-state index in [0.29, 0.717) is 6.04 Å². The highest BCUT2D eigenvalue weighted by Crippen LogP contribution is 2.25. The lowest BCUT2D eigenvalue weighted by molar-refractivity contribution is 0.0540. The summed E-state index contributed by atoms with van der Waals surface area (Å²) in [4.78, 5) is 5.36. The Morgan fingerprint density at radius 2 is 1.90 bits per heavy atom. The Morgan fingerprint density at radius 3 is 2.65 bits per heavy atom. The average molecular weight is 273 g/mol. The molecule has 3 heteroatoms. The van der Waals surface area contributed by atoms with Crippen molar-refractivity contribution in [1.29, 1.82) is 0 Å². The molecule has 20 heavy (non-hydrogen) atoms. The van der Waals surface area contributed by atoms with Crippen LogP contribution < -0.4 is 5.32 Å². The van der Waals surface area contributed by atoms with Gasteiger partial charge in [0, 0.05) is 38.3 Å². The molecule has 2 aliphatic heterocycles. The van der Waals surface area contributed by atoms with Crippen LogP contribution in [0.1, 0.15) is 30.9 Å². The Morgan fingerprint density at radius 1 is 1.15 bits per heavy atom. The van der Waals surface area contributed by atoms with E-state index in [1.807, 2.05) is 7.05 Å². The Labute approximate surface area is 123 Å². The molecule has 3 rings (SSSR count). The number of nitrogens with zero attached hydrogens (tertiary/aromatic N) is 2. The maximum Gasteiger partial charge on any atom is 0.0237 e. The molecule has 2 heterocycles. The zero-order valence-corrected chi connectivity index (χ0v) is 12.8. The molecular formula is C17H27N3. The maximum atomic E-state index is 3.20. The second-order valence-electron chi connectivity index (χ2n) is 6.42. The Kier molecular flexibility index (Phi) is 4.39. The first-order chi connectivity index (χ1) is 9.76. The number of nitrogens with one attached hydrogen (secondary N) is 1. The van der Waals surface area contributed by atoms with Crippen LogP contribution in [0.2, 0.25) is 0 Å². The van der Waals surface area contributed by atoms with Gasteiger partial charge in [-0.2, -0.15) is 0 Å². The third-order valence-electron chi connectivity index (χ3n) is 4.86. The topological polar surface area (TPSA) is 18.5 Å². The van der Waals surface area contributed by atoms with E-state index in [-0.39, 0.29) is 0 Å². The standard InChI is InChI=1S/C17H27N3/c1-14-11-19-9-3-4-17(19)13-20(14)12-16-7-5-15(6-8-16)10-18-2/h5-8,14,17-18H,3-4,9-13H2,1-2H3. The minimum atomic E-state index is 0.682.